The summed E-state index contributed by atoms with van der Waals surface area (Å²) in [5.41, 5.74) is 4.59. The number of aryl methyl sites for hydroxylation is 2. The first kappa shape index (κ1) is 20.4. The van der Waals surface area contributed by atoms with Crippen molar-refractivity contribution >= 4 is 16.9 Å². The lowest BCUT2D eigenvalue weighted by atomic mass is 9.90. The van der Waals surface area contributed by atoms with E-state index in [1.165, 1.54) is 4.80 Å². The summed E-state index contributed by atoms with van der Waals surface area (Å²) in [5, 5.41) is 8.50. The first-order valence-electron chi connectivity index (χ1n) is 11.2. The number of likely N-dealkylation sites (tertiary alicyclic amines) is 1. The van der Waals surface area contributed by atoms with Crippen LogP contribution in [-0.2, 0) is 13.5 Å². The molecule has 164 valence electrons. The Hall–Kier alpha value is -3.48. The molecule has 7 heteroatoms. The van der Waals surface area contributed by atoms with Gasteiger partial charge in [-0.05, 0) is 56.9 Å². The van der Waals surface area contributed by atoms with Gasteiger partial charge in [0.15, 0.2) is 0 Å². The molecule has 0 unspecified atom stereocenters. The molecule has 32 heavy (non-hydrogen) atoms. The zero-order chi connectivity index (χ0) is 22.2. The average Bonchev–Trinajstić information content (AvgIpc) is 3.44. The number of carbonyl (C=O) groups is 1. The van der Waals surface area contributed by atoms with Crippen molar-refractivity contribution in [2.45, 2.75) is 39.2 Å². The van der Waals surface area contributed by atoms with Crippen molar-refractivity contribution < 1.29 is 4.79 Å². The van der Waals surface area contributed by atoms with Gasteiger partial charge in [0, 0.05) is 26.1 Å². The van der Waals surface area contributed by atoms with Gasteiger partial charge in [-0.15, -0.1) is 0 Å². The highest BCUT2D eigenvalue weighted by molar-refractivity contribution is 5.98. The molecule has 0 bridgehead atoms. The first-order chi connectivity index (χ1) is 15.5. The fraction of sp³-hybridized carbons (Fsp3) is 0.360. The first-order valence-corrected chi connectivity index (χ1v) is 11.2. The topological polar surface area (TPSA) is 68.8 Å². The van der Waals surface area contributed by atoms with Crippen LogP contribution in [0.25, 0.3) is 16.7 Å². The van der Waals surface area contributed by atoms with Crippen molar-refractivity contribution in [2.75, 3.05) is 6.54 Å². The van der Waals surface area contributed by atoms with E-state index in [1.807, 2.05) is 42.2 Å². The molecule has 0 spiro atoms. The summed E-state index contributed by atoms with van der Waals surface area (Å²) >= 11 is 0. The quantitative estimate of drug-likeness (QED) is 0.494. The van der Waals surface area contributed by atoms with E-state index in [1.54, 1.807) is 12.4 Å². The van der Waals surface area contributed by atoms with Crippen LogP contribution in [-0.4, -0.2) is 47.9 Å². The van der Waals surface area contributed by atoms with Gasteiger partial charge in [-0.25, -0.2) is 4.98 Å². The number of piperidine rings is 1. The van der Waals surface area contributed by atoms with Crippen LogP contribution >= 0.6 is 0 Å². The minimum absolute atomic E-state index is 0.0446. The van der Waals surface area contributed by atoms with E-state index in [4.69, 9.17) is 4.98 Å². The lowest BCUT2D eigenvalue weighted by Gasteiger charge is -2.38. The van der Waals surface area contributed by atoms with E-state index in [-0.39, 0.29) is 11.9 Å². The molecule has 3 heterocycles. The monoisotopic (exact) mass is 428 g/mol. The van der Waals surface area contributed by atoms with E-state index in [2.05, 4.69) is 40.9 Å². The second kappa shape index (κ2) is 8.22. The Morgan fingerprint density at radius 1 is 1.09 bits per heavy atom. The third kappa shape index (κ3) is 3.68. The summed E-state index contributed by atoms with van der Waals surface area (Å²) in [6.07, 6.45) is 6.20. The number of amides is 1. The van der Waals surface area contributed by atoms with Crippen molar-refractivity contribution in [3.63, 3.8) is 0 Å². The molecule has 0 radical (unpaired) electrons. The molecule has 1 aliphatic rings. The van der Waals surface area contributed by atoms with Gasteiger partial charge in [-0.2, -0.15) is 15.0 Å². The maximum Gasteiger partial charge on any atom is 0.256 e. The van der Waals surface area contributed by atoms with Gasteiger partial charge in [-0.3, -0.25) is 4.79 Å². The van der Waals surface area contributed by atoms with Crippen LogP contribution < -0.4 is 0 Å². The Morgan fingerprint density at radius 2 is 1.88 bits per heavy atom. The normalized spacial score (nSPS) is 18.9. The summed E-state index contributed by atoms with van der Waals surface area (Å²) in [4.78, 5) is 22.1. The van der Waals surface area contributed by atoms with Gasteiger partial charge in [0.1, 0.15) is 5.82 Å². The van der Waals surface area contributed by atoms with Crippen molar-refractivity contribution in [2.24, 2.45) is 13.0 Å². The number of rotatable bonds is 4. The van der Waals surface area contributed by atoms with Crippen LogP contribution in [0.2, 0.25) is 0 Å². The fourth-order valence-corrected chi connectivity index (χ4v) is 4.76. The molecule has 5 rings (SSSR count). The Morgan fingerprint density at radius 3 is 2.66 bits per heavy atom. The minimum atomic E-state index is 0.0446. The van der Waals surface area contributed by atoms with E-state index in [0.717, 1.165) is 53.9 Å². The third-order valence-corrected chi connectivity index (χ3v) is 6.61. The zero-order valence-corrected chi connectivity index (χ0v) is 18.8. The highest BCUT2D eigenvalue weighted by atomic mass is 16.2. The summed E-state index contributed by atoms with van der Waals surface area (Å²) in [7, 11) is 2.08. The van der Waals surface area contributed by atoms with E-state index < -0.39 is 0 Å². The molecule has 0 N–H and O–H groups in total. The number of hydrogen-bond acceptors (Lipinski definition) is 4. The van der Waals surface area contributed by atoms with Crippen molar-refractivity contribution in [1.29, 1.82) is 0 Å². The van der Waals surface area contributed by atoms with Crippen molar-refractivity contribution in [3.8, 4) is 5.69 Å². The molecule has 1 amide bonds. The van der Waals surface area contributed by atoms with Crippen LogP contribution in [0.5, 0.6) is 0 Å². The molecule has 1 saturated heterocycles. The number of benzene rings is 2. The van der Waals surface area contributed by atoms with E-state index >= 15 is 0 Å². The van der Waals surface area contributed by atoms with Crippen LogP contribution in [0, 0.1) is 12.8 Å². The maximum absolute atomic E-state index is 13.7. The molecule has 2 aromatic carbocycles. The lowest BCUT2D eigenvalue weighted by Crippen LogP contribution is -2.46. The SMILES string of the molecule is Cc1ccc(-n2nccn2)c(C(=O)N2C[C@@H](Cc3nc4ccccc4n3C)CC[C@H]2C)c1. The molecule has 1 aliphatic heterocycles. The number of imidazole rings is 1. The number of para-hydroxylation sites is 2. The summed E-state index contributed by atoms with van der Waals surface area (Å²) in [6.45, 7) is 4.87. The van der Waals surface area contributed by atoms with Crippen LogP contribution in [0.1, 0.15) is 41.5 Å². The summed E-state index contributed by atoms with van der Waals surface area (Å²) < 4.78 is 2.18. The van der Waals surface area contributed by atoms with Gasteiger partial charge in [-0.1, -0.05) is 23.8 Å². The molecule has 0 aliphatic carbocycles. The van der Waals surface area contributed by atoms with Crippen molar-refractivity contribution in [3.05, 3.63) is 71.8 Å². The largest absolute Gasteiger partial charge is 0.336 e. The van der Waals surface area contributed by atoms with Crippen LogP contribution in [0.4, 0.5) is 0 Å². The lowest BCUT2D eigenvalue weighted by molar-refractivity contribution is 0.0557. The Labute approximate surface area is 187 Å². The molecular formula is C25H28N6O. The summed E-state index contributed by atoms with van der Waals surface area (Å²) in [5.74, 6) is 1.50. The number of aromatic nitrogens is 5. The van der Waals surface area contributed by atoms with Gasteiger partial charge in [0.05, 0.1) is 34.7 Å². The molecule has 1 fully saturated rings. The highest BCUT2D eigenvalue weighted by Crippen LogP contribution is 2.28. The fourth-order valence-electron chi connectivity index (χ4n) is 4.76. The van der Waals surface area contributed by atoms with Crippen LogP contribution in [0.15, 0.2) is 54.9 Å². The molecule has 0 saturated carbocycles. The predicted octanol–water partition coefficient (Wildman–Crippen LogP) is 3.95. The molecule has 4 aromatic rings. The van der Waals surface area contributed by atoms with E-state index in [9.17, 15) is 4.79 Å². The van der Waals surface area contributed by atoms with Crippen molar-refractivity contribution in [1.82, 2.24) is 29.4 Å². The Kier molecular flexibility index (Phi) is 5.25. The number of carbonyl (C=O) groups excluding carboxylic acids is 1. The standard InChI is InChI=1S/C25H28N6O/c1-17-8-11-22(31-26-12-13-27-31)20(14-17)25(32)30-16-19(10-9-18(30)2)15-24-28-21-6-4-5-7-23(21)29(24)3/h4-8,11-14,18-19H,9-10,15-16H2,1-3H3/t18-,19-/m1/s1. The zero-order valence-electron chi connectivity index (χ0n) is 18.8. The van der Waals surface area contributed by atoms with Gasteiger partial charge < -0.3 is 9.47 Å². The second-order valence-corrected chi connectivity index (χ2v) is 8.87. The average molecular weight is 429 g/mol. The van der Waals surface area contributed by atoms with Crippen LogP contribution in [0.3, 0.4) is 0 Å². The Bertz CT molecular complexity index is 1260. The number of hydrogen-bond donors (Lipinski definition) is 0. The van der Waals surface area contributed by atoms with Gasteiger partial charge in [0.2, 0.25) is 0 Å². The highest BCUT2D eigenvalue weighted by Gasteiger charge is 2.32. The molecule has 2 atom stereocenters. The number of fused-ring (bicyclic) bond motifs is 1. The second-order valence-electron chi connectivity index (χ2n) is 8.87. The molecule has 2 aromatic heterocycles. The smallest absolute Gasteiger partial charge is 0.256 e. The van der Waals surface area contributed by atoms with Gasteiger partial charge in [0.25, 0.3) is 5.91 Å². The molecular weight excluding hydrogens is 400 g/mol. The summed E-state index contributed by atoms with van der Waals surface area (Å²) in [6, 6.07) is 14.3. The molecule has 7 nitrogen and oxygen atoms in total. The third-order valence-electron chi connectivity index (χ3n) is 6.61. The predicted molar refractivity (Wildman–Crippen MR) is 124 cm³/mol. The number of nitrogens with zero attached hydrogens (tertiary/aromatic N) is 6. The van der Waals surface area contributed by atoms with E-state index in [0.29, 0.717) is 11.5 Å². The maximum atomic E-state index is 13.7. The minimum Gasteiger partial charge on any atom is -0.336 e. The Balaban J connectivity index is 1.41. The van der Waals surface area contributed by atoms with Gasteiger partial charge >= 0.3 is 0 Å².